The van der Waals surface area contributed by atoms with Gasteiger partial charge in [-0.05, 0) is 62.2 Å². The van der Waals surface area contributed by atoms with Crippen LogP contribution in [0.2, 0.25) is 0 Å². The molecule has 7 nitrogen and oxygen atoms in total. The predicted octanol–water partition coefficient (Wildman–Crippen LogP) is 4.91. The Morgan fingerprint density at radius 2 is 1.97 bits per heavy atom. The van der Waals surface area contributed by atoms with E-state index < -0.39 is 0 Å². The van der Waals surface area contributed by atoms with Gasteiger partial charge in [0.25, 0.3) is 5.19 Å². The molecule has 1 saturated heterocycles. The average molecular weight is 423 g/mol. The highest BCUT2D eigenvalue weighted by Gasteiger charge is 2.23. The topological polar surface area (TPSA) is 86.0 Å². The van der Waals surface area contributed by atoms with E-state index in [1.165, 1.54) is 5.56 Å². The molecule has 1 fully saturated rings. The lowest BCUT2D eigenvalue weighted by Crippen LogP contribution is -2.37. The van der Waals surface area contributed by atoms with Crippen molar-refractivity contribution < 1.29 is 4.74 Å². The van der Waals surface area contributed by atoms with E-state index in [9.17, 15) is 0 Å². The zero-order valence-electron chi connectivity index (χ0n) is 17.0. The number of likely N-dealkylation sites (tertiary alicyclic amines) is 1. The number of rotatable bonds is 7. The maximum absolute atomic E-state index is 7.29. The molecule has 0 unspecified atom stereocenters. The summed E-state index contributed by atoms with van der Waals surface area (Å²) < 4.78 is 7.07. The van der Waals surface area contributed by atoms with Gasteiger partial charge in [-0.15, -0.1) is 5.11 Å². The molecule has 1 aliphatic rings. The highest BCUT2D eigenvalue weighted by Crippen LogP contribution is 2.31. The van der Waals surface area contributed by atoms with E-state index in [0.717, 1.165) is 54.9 Å². The van der Waals surface area contributed by atoms with Crippen LogP contribution in [-0.2, 0) is 6.42 Å². The van der Waals surface area contributed by atoms with Crippen molar-refractivity contribution in [3.8, 4) is 10.9 Å². The molecule has 4 rings (SSSR count). The smallest absolute Gasteiger partial charge is 0.279 e. The molecule has 2 aromatic carbocycles. The second-order valence-corrected chi connectivity index (χ2v) is 8.36. The number of amidine groups is 1. The number of ether oxygens (including phenoxy) is 1. The first-order valence-corrected chi connectivity index (χ1v) is 11.0. The minimum atomic E-state index is 0.283. The second-order valence-electron chi connectivity index (χ2n) is 7.36. The molecule has 2 heterocycles. The fourth-order valence-electron chi connectivity index (χ4n) is 3.74. The number of para-hydroxylation sites is 1. The van der Waals surface area contributed by atoms with Crippen molar-refractivity contribution in [1.29, 1.82) is 5.53 Å². The van der Waals surface area contributed by atoms with Crippen molar-refractivity contribution in [3.63, 3.8) is 0 Å². The Hall–Kier alpha value is -2.84. The number of nitrogens with zero attached hydrogens (tertiary/aromatic N) is 4. The van der Waals surface area contributed by atoms with Crippen LogP contribution in [0, 0.1) is 11.4 Å². The first kappa shape index (κ1) is 20.4. The molecule has 2 N–H and O–H groups in total. The van der Waals surface area contributed by atoms with E-state index in [1.807, 2.05) is 30.3 Å². The molecule has 3 aromatic rings. The van der Waals surface area contributed by atoms with Gasteiger partial charge in [0.2, 0.25) is 0 Å². The third kappa shape index (κ3) is 5.01. The van der Waals surface area contributed by atoms with Crippen molar-refractivity contribution in [1.82, 2.24) is 15.3 Å². The van der Waals surface area contributed by atoms with Crippen LogP contribution >= 0.6 is 11.3 Å². The highest BCUT2D eigenvalue weighted by molar-refractivity contribution is 7.20. The summed E-state index contributed by atoms with van der Waals surface area (Å²) in [5.74, 6) is 1.71. The lowest BCUT2D eigenvalue weighted by molar-refractivity contribution is 0.211. The van der Waals surface area contributed by atoms with E-state index in [-0.39, 0.29) is 5.92 Å². The van der Waals surface area contributed by atoms with Gasteiger partial charge in [0.05, 0.1) is 10.2 Å². The molecule has 0 saturated carbocycles. The minimum absolute atomic E-state index is 0.283. The average Bonchev–Trinajstić information content (AvgIpc) is 3.20. The maximum Gasteiger partial charge on any atom is 0.279 e. The molecule has 0 spiro atoms. The normalized spacial score (nSPS) is 16.0. The summed E-state index contributed by atoms with van der Waals surface area (Å²) in [5, 5.41) is 8.36. The zero-order chi connectivity index (χ0) is 20.8. The van der Waals surface area contributed by atoms with Crippen molar-refractivity contribution in [2.45, 2.75) is 19.3 Å². The molecule has 0 bridgehead atoms. The summed E-state index contributed by atoms with van der Waals surface area (Å²) in [5.41, 5.74) is 12.3. The minimum Gasteiger partial charge on any atom is -0.431 e. The van der Waals surface area contributed by atoms with E-state index in [0.29, 0.717) is 11.0 Å². The van der Waals surface area contributed by atoms with Crippen LogP contribution in [0.1, 0.15) is 18.4 Å². The quantitative estimate of drug-likeness (QED) is 0.245. The molecular weight excluding hydrogens is 396 g/mol. The number of benzene rings is 2. The van der Waals surface area contributed by atoms with Crippen molar-refractivity contribution in [2.24, 2.45) is 16.1 Å². The summed E-state index contributed by atoms with van der Waals surface area (Å²) in [6.07, 6.45) is 3.00. The molecule has 1 aliphatic heterocycles. The molecule has 0 amide bonds. The Balaban J connectivity index is 1.26. The van der Waals surface area contributed by atoms with Gasteiger partial charge >= 0.3 is 0 Å². The summed E-state index contributed by atoms with van der Waals surface area (Å²) in [6, 6.07) is 16.4. The van der Waals surface area contributed by atoms with Gasteiger partial charge < -0.3 is 15.1 Å². The number of hydrogen-bond donors (Lipinski definition) is 2. The first-order valence-electron chi connectivity index (χ1n) is 10.2. The molecule has 156 valence electrons. The van der Waals surface area contributed by atoms with Crippen LogP contribution in [0.4, 0.5) is 0 Å². The maximum atomic E-state index is 7.29. The van der Waals surface area contributed by atoms with Crippen molar-refractivity contribution in [2.75, 3.05) is 26.7 Å². The Morgan fingerprint density at radius 1 is 1.20 bits per heavy atom. The number of fused-ring (bicyclic) bond motifs is 1. The molecule has 0 atom stereocenters. The monoisotopic (exact) mass is 422 g/mol. The van der Waals surface area contributed by atoms with E-state index in [4.69, 9.17) is 10.3 Å². The van der Waals surface area contributed by atoms with Crippen molar-refractivity contribution in [3.05, 3.63) is 54.1 Å². The largest absolute Gasteiger partial charge is 0.431 e. The van der Waals surface area contributed by atoms with Crippen LogP contribution in [0.15, 0.2) is 58.7 Å². The molecule has 0 radical (unpaired) electrons. The van der Waals surface area contributed by atoms with Crippen LogP contribution in [-0.4, -0.2) is 42.4 Å². The molecule has 30 heavy (non-hydrogen) atoms. The fraction of sp³-hybridized carbons (Fsp3) is 0.364. The lowest BCUT2D eigenvalue weighted by atomic mass is 9.95. The molecule has 0 aliphatic carbocycles. The van der Waals surface area contributed by atoms with E-state index >= 15 is 0 Å². The lowest BCUT2D eigenvalue weighted by Gasteiger charge is -2.31. The van der Waals surface area contributed by atoms with Crippen LogP contribution < -0.4 is 10.2 Å². The summed E-state index contributed by atoms with van der Waals surface area (Å²) in [6.45, 7) is 3.06. The van der Waals surface area contributed by atoms with Gasteiger partial charge in [-0.25, -0.2) is 10.5 Å². The van der Waals surface area contributed by atoms with Gasteiger partial charge in [-0.2, -0.15) is 5.10 Å². The zero-order valence-corrected chi connectivity index (χ0v) is 17.9. The number of piperidine rings is 1. The highest BCUT2D eigenvalue weighted by atomic mass is 32.1. The summed E-state index contributed by atoms with van der Waals surface area (Å²) in [7, 11) is 1.75. The second kappa shape index (κ2) is 9.77. The SMILES string of the molecule is CN/N=C(\N=N)C1CCN(CCc2ccc(Oc3nc4ccccc4s3)cc2)CC1. The number of thiazole rings is 1. The predicted molar refractivity (Wildman–Crippen MR) is 121 cm³/mol. The number of nitrogens with one attached hydrogen (secondary N) is 2. The Kier molecular flexibility index (Phi) is 6.66. The summed E-state index contributed by atoms with van der Waals surface area (Å²) in [4.78, 5) is 7.00. The van der Waals surface area contributed by atoms with Gasteiger partial charge in [0.15, 0.2) is 5.84 Å². The third-order valence-corrected chi connectivity index (χ3v) is 6.33. The van der Waals surface area contributed by atoms with E-state index in [2.05, 4.69) is 43.7 Å². The van der Waals surface area contributed by atoms with Gasteiger partial charge in [0, 0.05) is 19.5 Å². The fourth-order valence-corrected chi connectivity index (χ4v) is 4.58. The standard InChI is InChI=1S/C22H26N6OS/c1-24-27-21(26-23)17-11-14-28(15-12-17)13-10-16-6-8-18(9-7-16)29-22-25-19-4-2-3-5-20(19)30-22/h2-9,17,23-24H,10-15H2,1H3/b26-23?,27-21-. The first-order chi connectivity index (χ1) is 14.7. The van der Waals surface area contributed by atoms with Crippen LogP contribution in [0.3, 0.4) is 0 Å². The molecule has 8 heteroatoms. The van der Waals surface area contributed by atoms with Gasteiger partial charge in [-0.1, -0.05) is 35.6 Å². The molecular formula is C22H26N6OS. The number of aromatic nitrogens is 1. The summed E-state index contributed by atoms with van der Waals surface area (Å²) >= 11 is 1.56. The van der Waals surface area contributed by atoms with Crippen molar-refractivity contribution >= 4 is 27.4 Å². The van der Waals surface area contributed by atoms with Crippen LogP contribution in [0.25, 0.3) is 10.2 Å². The van der Waals surface area contributed by atoms with Gasteiger partial charge in [-0.3, -0.25) is 0 Å². The Bertz CT molecular complexity index is 975. The van der Waals surface area contributed by atoms with E-state index in [1.54, 1.807) is 18.4 Å². The Labute approximate surface area is 180 Å². The third-order valence-electron chi connectivity index (χ3n) is 5.41. The number of hydrogen-bond acceptors (Lipinski definition) is 7. The Morgan fingerprint density at radius 3 is 2.67 bits per heavy atom. The number of hydrazone groups is 1. The molecule has 1 aromatic heterocycles. The van der Waals surface area contributed by atoms with Crippen LogP contribution in [0.5, 0.6) is 10.9 Å². The van der Waals surface area contributed by atoms with Gasteiger partial charge in [0.1, 0.15) is 5.75 Å².